The molecule has 0 bridgehead atoms. The van der Waals surface area contributed by atoms with Crippen molar-refractivity contribution < 1.29 is 52.3 Å². The maximum absolute atomic E-state index is 17.4. The molecule has 11 nitrogen and oxygen atoms in total. The highest BCUT2D eigenvalue weighted by Gasteiger charge is 3.04. The predicted octanol–water partition coefficient (Wildman–Crippen LogP) is 14.1. The van der Waals surface area contributed by atoms with Gasteiger partial charge in [-0.15, -0.1) is 0 Å². The van der Waals surface area contributed by atoms with Gasteiger partial charge in [-0.2, -0.15) is 0 Å². The Bertz CT molecular complexity index is 7800. The number of esters is 4. The van der Waals surface area contributed by atoms with Crippen LogP contribution in [0.2, 0.25) is 0 Å². The first-order valence-electron chi connectivity index (χ1n) is 31.0. The van der Waals surface area contributed by atoms with E-state index in [0.29, 0.717) is 0 Å². The Morgan fingerprint density at radius 2 is 0.453 bits per heavy atom. The van der Waals surface area contributed by atoms with Crippen LogP contribution in [0.15, 0.2) is 0 Å². The molecular formula is C75H22O11. The highest BCUT2D eigenvalue weighted by atomic mass is 16.6. The van der Waals surface area contributed by atoms with Crippen LogP contribution in [-0.2, 0) is 63.2 Å². The zero-order valence-electron chi connectivity index (χ0n) is 44.2. The van der Waals surface area contributed by atoms with Crippen LogP contribution in [0.5, 0.6) is 0 Å². The van der Waals surface area contributed by atoms with Gasteiger partial charge in [0.2, 0.25) is 0 Å². The molecule has 0 N–H and O–H groups in total. The lowest BCUT2D eigenvalue weighted by Gasteiger charge is -2.38. The number of cyclic esters (lactones) is 4. The molecule has 34 rings (SSSR count). The molecule has 26 aromatic carbocycles. The summed E-state index contributed by atoms with van der Waals surface area (Å²) in [4.78, 5) is 60.0. The predicted molar refractivity (Wildman–Crippen MR) is 330 cm³/mol. The van der Waals surface area contributed by atoms with Crippen molar-refractivity contribution in [2.24, 2.45) is 5.41 Å². The van der Waals surface area contributed by atoms with Gasteiger partial charge in [0.1, 0.15) is 39.6 Å². The van der Waals surface area contributed by atoms with Crippen molar-refractivity contribution in [1.29, 1.82) is 0 Å². The van der Waals surface area contributed by atoms with Crippen LogP contribution in [0.3, 0.4) is 0 Å². The van der Waals surface area contributed by atoms with Crippen molar-refractivity contribution in [1.82, 2.24) is 0 Å². The van der Waals surface area contributed by atoms with E-state index >= 15 is 9.59 Å². The van der Waals surface area contributed by atoms with Gasteiger partial charge in [-0.3, -0.25) is 9.59 Å². The van der Waals surface area contributed by atoms with E-state index in [1.54, 1.807) is 0 Å². The van der Waals surface area contributed by atoms with Gasteiger partial charge >= 0.3 is 23.9 Å². The molecule has 0 aromatic heterocycles. The van der Waals surface area contributed by atoms with E-state index in [-0.39, 0.29) is 64.7 Å². The van der Waals surface area contributed by atoms with Gasteiger partial charge in [0.05, 0.1) is 26.4 Å². The molecule has 0 amide bonds. The first kappa shape index (κ1) is 37.0. The lowest BCUT2D eigenvalue weighted by Crippen LogP contribution is -2.44. The molecule has 1 heterocycles. The molecule has 11 heteroatoms. The molecule has 0 radical (unpaired) electrons. The molecule has 86 heavy (non-hydrogen) atoms. The molecular weight excluding hydrogens is 1080 g/mol. The molecule has 1 saturated carbocycles. The standard InChI is InChI=1S/C75H22O11/c76-11-9-82-10-12(77)84-6-2-81-4-8-86-72(79)75(71(78)85-7-3-80-1-5-83-11)73-67-60-53-41-33-24-15-13-14-16-19(15)28-35(33)43-44-36(28)34-25(16)27-23-18(14)21-20-17(13)22-26(24)39(41)47-45-31(22)29(20)37-38-30(21)32(23)46-48-40(27)42(34)54-56(44)65(64(67)55(43)53)68-61(54)59(48)63-52(46)50(38)57-49(37)51(45)62(58(47)60)69(73)66(57)70(63)74(68,73)75/h67,70H,1-10H2. The zero-order valence-corrected chi connectivity index (χ0v) is 44.2. The molecule has 7 aliphatic carbocycles. The summed E-state index contributed by atoms with van der Waals surface area (Å²) in [6, 6.07) is 0. The fourth-order valence-electron chi connectivity index (χ4n) is 27.6. The molecule has 4 atom stereocenters. The Morgan fingerprint density at radius 3 is 0.826 bits per heavy atom. The fourth-order valence-corrected chi connectivity index (χ4v) is 27.6. The van der Waals surface area contributed by atoms with Crippen molar-refractivity contribution in [3.05, 3.63) is 33.4 Å². The van der Waals surface area contributed by atoms with Crippen molar-refractivity contribution in [3.8, 4) is 0 Å². The minimum atomic E-state index is -1.86. The summed E-state index contributed by atoms with van der Waals surface area (Å²) < 4.78 is 42.0. The molecule has 8 aliphatic rings. The highest BCUT2D eigenvalue weighted by molar-refractivity contribution is 6.81. The van der Waals surface area contributed by atoms with Crippen molar-refractivity contribution in [2.45, 2.75) is 22.7 Å². The second-order valence-corrected chi connectivity index (χ2v) is 28.8. The van der Waals surface area contributed by atoms with Crippen molar-refractivity contribution in [2.75, 3.05) is 66.1 Å². The SMILES string of the molecule is O=C1COCC(=O)OCCOCCOC(=O)C2(C(=O)OCCOCCO1)C13c4c5c6c7c8c9c%10c%11c(c%12c%13c%14c%15c(c%16c4c4c6c6c7c7c%17c8c%10c8c%10c%11c%12c%11c%14c%12c%14c%15c%15c%16c4c4c6c6c7c7c%17c8c8c%10c%11c%12c%10c%11c%14c%15c4c6c%11c7c8%10)C%131)C23C59. The van der Waals surface area contributed by atoms with Crippen LogP contribution in [-0.4, -0.2) is 89.9 Å². The zero-order chi connectivity index (χ0) is 53.3. The summed E-state index contributed by atoms with van der Waals surface area (Å²) in [5.74, 6) is -3.08. The minimum absolute atomic E-state index is 0.0156. The normalized spacial score (nSPS) is 26.0. The summed E-state index contributed by atoms with van der Waals surface area (Å²) in [7, 11) is 0. The van der Waals surface area contributed by atoms with Gasteiger partial charge in [0.25, 0.3) is 0 Å². The molecule has 388 valence electrons. The molecule has 2 fully saturated rings. The van der Waals surface area contributed by atoms with Gasteiger partial charge < -0.3 is 33.2 Å². The Hall–Kier alpha value is -9.52. The molecule has 4 unspecified atom stereocenters. The van der Waals surface area contributed by atoms with Crippen molar-refractivity contribution in [3.63, 3.8) is 0 Å². The summed E-state index contributed by atoms with van der Waals surface area (Å²) in [6.45, 7) is -1.09. The number of benzene rings is 16. The third kappa shape index (κ3) is 2.31. The van der Waals surface area contributed by atoms with Gasteiger partial charge in [0, 0.05) is 22.7 Å². The van der Waals surface area contributed by atoms with E-state index in [0.717, 1.165) is 0 Å². The third-order valence-corrected chi connectivity index (χ3v) is 27.9. The third-order valence-electron chi connectivity index (χ3n) is 27.9. The van der Waals surface area contributed by atoms with Crippen molar-refractivity contribution >= 4 is 293 Å². The molecule has 1 saturated heterocycles. The largest absolute Gasteiger partial charge is 0.462 e. The van der Waals surface area contributed by atoms with E-state index in [9.17, 15) is 9.59 Å². The number of carbonyl (C=O) groups excluding carboxylic acids is 4. The van der Waals surface area contributed by atoms with Gasteiger partial charge in [-0.1, -0.05) is 0 Å². The van der Waals surface area contributed by atoms with E-state index in [4.69, 9.17) is 33.2 Å². The van der Waals surface area contributed by atoms with E-state index in [2.05, 4.69) is 0 Å². The van der Waals surface area contributed by atoms with Crippen LogP contribution in [0.1, 0.15) is 45.2 Å². The fraction of sp³-hybridized carbons (Fsp3) is 0.200. The van der Waals surface area contributed by atoms with Crippen LogP contribution in [0, 0.1) is 5.41 Å². The van der Waals surface area contributed by atoms with E-state index in [1.807, 2.05) is 0 Å². The summed E-state index contributed by atoms with van der Waals surface area (Å²) in [5, 5.41) is 72.4. The molecule has 1 aliphatic heterocycles. The monoisotopic (exact) mass is 1100 g/mol. The maximum atomic E-state index is 17.4. The Balaban J connectivity index is 0.857. The number of hydrogen-bond acceptors (Lipinski definition) is 11. The minimum Gasteiger partial charge on any atom is -0.462 e. The number of rotatable bonds is 0. The van der Waals surface area contributed by atoms with E-state index in [1.165, 1.54) is 303 Å². The maximum Gasteiger partial charge on any atom is 0.332 e. The molecule has 26 aromatic rings. The van der Waals surface area contributed by atoms with Gasteiger partial charge in [0.15, 0.2) is 5.41 Å². The number of hydrogen-bond donors (Lipinski definition) is 0. The first-order valence-corrected chi connectivity index (χ1v) is 31.0. The number of carbonyl (C=O) groups is 4. The topological polar surface area (TPSA) is 133 Å². The Kier molecular flexibility index (Phi) is 4.03. The van der Waals surface area contributed by atoms with Crippen LogP contribution < -0.4 is 0 Å². The quantitative estimate of drug-likeness (QED) is 0.0622. The summed E-state index contributed by atoms with van der Waals surface area (Å²) >= 11 is 0. The first-order chi connectivity index (χ1) is 42.6. The summed E-state index contributed by atoms with van der Waals surface area (Å²) in [6.07, 6.45) is 0. The Morgan fingerprint density at radius 1 is 0.221 bits per heavy atom. The average Bonchev–Trinajstić information content (AvgIpc) is 1.36. The molecule has 3 spiro atoms. The highest BCUT2D eigenvalue weighted by Crippen LogP contribution is 3.00. The van der Waals surface area contributed by atoms with Crippen LogP contribution >= 0.6 is 0 Å². The smallest absolute Gasteiger partial charge is 0.332 e. The number of ether oxygens (including phenoxy) is 7. The second-order valence-electron chi connectivity index (χ2n) is 28.8. The van der Waals surface area contributed by atoms with Gasteiger partial charge in [-0.25, -0.2) is 9.59 Å². The van der Waals surface area contributed by atoms with Crippen LogP contribution in [0.25, 0.3) is 269 Å². The average molecular weight is 1100 g/mol. The van der Waals surface area contributed by atoms with Crippen LogP contribution in [0.4, 0.5) is 0 Å². The lowest BCUT2D eigenvalue weighted by molar-refractivity contribution is -0.169. The Labute approximate surface area is 470 Å². The lowest BCUT2D eigenvalue weighted by atomic mass is 9.62. The van der Waals surface area contributed by atoms with Gasteiger partial charge in [-0.05, 0) is 303 Å². The van der Waals surface area contributed by atoms with E-state index < -0.39 is 53.3 Å². The summed E-state index contributed by atoms with van der Waals surface area (Å²) in [5.41, 5.74) is 3.73. The second kappa shape index (κ2) is 9.36.